The van der Waals surface area contributed by atoms with Crippen molar-refractivity contribution in [1.82, 2.24) is 5.32 Å². The van der Waals surface area contributed by atoms with Gasteiger partial charge in [0.25, 0.3) is 0 Å². The first-order valence-corrected chi connectivity index (χ1v) is 7.87. The van der Waals surface area contributed by atoms with Gasteiger partial charge in [0.1, 0.15) is 5.75 Å². The zero-order valence-corrected chi connectivity index (χ0v) is 13.9. The van der Waals surface area contributed by atoms with Crippen molar-refractivity contribution in [2.75, 3.05) is 31.8 Å². The van der Waals surface area contributed by atoms with E-state index in [9.17, 15) is 9.59 Å². The number of carbonyl (C=O) groups is 2. The molecule has 2 unspecified atom stereocenters. The summed E-state index contributed by atoms with van der Waals surface area (Å²) >= 11 is 0. The van der Waals surface area contributed by atoms with E-state index < -0.39 is 0 Å². The molecule has 0 bridgehead atoms. The van der Waals surface area contributed by atoms with Gasteiger partial charge in [-0.15, -0.1) is 0 Å². The number of rotatable bonds is 7. The second-order valence-corrected chi connectivity index (χ2v) is 5.70. The van der Waals surface area contributed by atoms with Gasteiger partial charge < -0.3 is 19.7 Å². The van der Waals surface area contributed by atoms with E-state index in [-0.39, 0.29) is 30.2 Å². The predicted molar refractivity (Wildman–Crippen MR) is 87.6 cm³/mol. The monoisotopic (exact) mass is 320 g/mol. The van der Waals surface area contributed by atoms with Gasteiger partial charge in [0.15, 0.2) is 0 Å². The molecule has 1 aromatic carbocycles. The molecule has 6 heteroatoms. The van der Waals surface area contributed by atoms with E-state index in [1.165, 1.54) is 0 Å². The molecule has 1 fully saturated rings. The third-order valence-electron chi connectivity index (χ3n) is 3.76. The molecule has 0 saturated carbocycles. The summed E-state index contributed by atoms with van der Waals surface area (Å²) in [5.74, 6) is 0.309. The second kappa shape index (κ2) is 7.97. The van der Waals surface area contributed by atoms with Gasteiger partial charge in [0.05, 0.1) is 19.1 Å². The zero-order chi connectivity index (χ0) is 16.8. The van der Waals surface area contributed by atoms with Gasteiger partial charge in [-0.25, -0.2) is 0 Å². The number of ether oxygens (including phenoxy) is 2. The molecular formula is C17H24N2O4. The number of hydrogen-bond donors (Lipinski definition) is 1. The van der Waals surface area contributed by atoms with Gasteiger partial charge in [-0.2, -0.15) is 0 Å². The Hall–Kier alpha value is -2.08. The standard InChI is InChI=1S/C17H24N2O4/c1-4-23-15-7-5-14(6-8-15)19-10-13(9-16(19)20)17(21)18-12(2)11-22-3/h5-8,12-13H,4,9-11H2,1-3H3,(H,18,21). The van der Waals surface area contributed by atoms with E-state index in [4.69, 9.17) is 9.47 Å². The van der Waals surface area contributed by atoms with E-state index in [2.05, 4.69) is 5.32 Å². The van der Waals surface area contributed by atoms with E-state index in [0.29, 0.717) is 19.8 Å². The summed E-state index contributed by atoms with van der Waals surface area (Å²) < 4.78 is 10.4. The van der Waals surface area contributed by atoms with Crippen molar-refractivity contribution in [1.29, 1.82) is 0 Å². The molecule has 1 aliphatic heterocycles. The van der Waals surface area contributed by atoms with Crippen molar-refractivity contribution in [3.8, 4) is 5.75 Å². The summed E-state index contributed by atoms with van der Waals surface area (Å²) in [4.78, 5) is 26.1. The highest BCUT2D eigenvalue weighted by molar-refractivity contribution is 6.00. The number of nitrogens with zero attached hydrogens (tertiary/aromatic N) is 1. The molecule has 0 aliphatic carbocycles. The van der Waals surface area contributed by atoms with Crippen LogP contribution in [-0.4, -0.2) is 44.7 Å². The van der Waals surface area contributed by atoms with Crippen molar-refractivity contribution < 1.29 is 19.1 Å². The number of amides is 2. The third kappa shape index (κ3) is 4.45. The van der Waals surface area contributed by atoms with E-state index >= 15 is 0 Å². The lowest BCUT2D eigenvalue weighted by Gasteiger charge is -2.18. The van der Waals surface area contributed by atoms with Gasteiger partial charge in [0, 0.05) is 31.8 Å². The summed E-state index contributed by atoms with van der Waals surface area (Å²) in [7, 11) is 1.59. The largest absolute Gasteiger partial charge is 0.494 e. The highest BCUT2D eigenvalue weighted by Gasteiger charge is 2.35. The molecular weight excluding hydrogens is 296 g/mol. The summed E-state index contributed by atoms with van der Waals surface area (Å²) in [6.07, 6.45) is 0.235. The Balaban J connectivity index is 1.97. The van der Waals surface area contributed by atoms with Crippen LogP contribution in [0.15, 0.2) is 24.3 Å². The molecule has 0 radical (unpaired) electrons. The fourth-order valence-corrected chi connectivity index (χ4v) is 2.67. The number of carbonyl (C=O) groups excluding carboxylic acids is 2. The minimum atomic E-state index is -0.326. The van der Waals surface area contributed by atoms with Crippen LogP contribution in [0.1, 0.15) is 20.3 Å². The minimum absolute atomic E-state index is 0.0336. The van der Waals surface area contributed by atoms with Crippen LogP contribution in [0, 0.1) is 5.92 Å². The Morgan fingerprint density at radius 2 is 2.09 bits per heavy atom. The van der Waals surface area contributed by atoms with Crippen LogP contribution in [0.3, 0.4) is 0 Å². The maximum absolute atomic E-state index is 12.2. The van der Waals surface area contributed by atoms with Gasteiger partial charge in [0.2, 0.25) is 11.8 Å². The maximum atomic E-state index is 12.2. The van der Waals surface area contributed by atoms with Crippen LogP contribution in [-0.2, 0) is 14.3 Å². The molecule has 1 aromatic rings. The van der Waals surface area contributed by atoms with Gasteiger partial charge in [-0.1, -0.05) is 0 Å². The normalized spacial score (nSPS) is 18.8. The first-order valence-electron chi connectivity index (χ1n) is 7.87. The molecule has 2 rings (SSSR count). The van der Waals surface area contributed by atoms with E-state index in [1.807, 2.05) is 38.1 Å². The molecule has 1 heterocycles. The van der Waals surface area contributed by atoms with Crippen molar-refractivity contribution in [3.63, 3.8) is 0 Å². The summed E-state index contributed by atoms with van der Waals surface area (Å²) in [6.45, 7) is 5.26. The molecule has 2 atom stereocenters. The minimum Gasteiger partial charge on any atom is -0.494 e. The summed E-state index contributed by atoms with van der Waals surface area (Å²) in [5.41, 5.74) is 0.790. The smallest absolute Gasteiger partial charge is 0.227 e. The van der Waals surface area contributed by atoms with Gasteiger partial charge in [-0.3, -0.25) is 9.59 Å². The van der Waals surface area contributed by atoms with Crippen molar-refractivity contribution in [3.05, 3.63) is 24.3 Å². The molecule has 6 nitrogen and oxygen atoms in total. The van der Waals surface area contributed by atoms with Gasteiger partial charge in [-0.05, 0) is 38.1 Å². The SMILES string of the molecule is CCOc1ccc(N2CC(C(=O)NC(C)COC)CC2=O)cc1. The highest BCUT2D eigenvalue weighted by atomic mass is 16.5. The average Bonchev–Trinajstić information content (AvgIpc) is 2.91. The first kappa shape index (κ1) is 17.3. The number of hydrogen-bond acceptors (Lipinski definition) is 4. The number of anilines is 1. The number of nitrogens with one attached hydrogen (secondary N) is 1. The molecule has 0 aromatic heterocycles. The zero-order valence-electron chi connectivity index (χ0n) is 13.9. The van der Waals surface area contributed by atoms with Crippen LogP contribution in [0.25, 0.3) is 0 Å². The van der Waals surface area contributed by atoms with Crippen molar-refractivity contribution in [2.24, 2.45) is 5.92 Å². The van der Waals surface area contributed by atoms with Crippen LogP contribution < -0.4 is 15.0 Å². The van der Waals surface area contributed by atoms with Crippen LogP contribution >= 0.6 is 0 Å². The average molecular weight is 320 g/mol. The number of methoxy groups -OCH3 is 1. The lowest BCUT2D eigenvalue weighted by Crippen LogP contribution is -2.40. The Morgan fingerprint density at radius 3 is 2.70 bits per heavy atom. The van der Waals surface area contributed by atoms with Crippen molar-refractivity contribution in [2.45, 2.75) is 26.3 Å². The third-order valence-corrected chi connectivity index (χ3v) is 3.76. The van der Waals surface area contributed by atoms with E-state index in [0.717, 1.165) is 11.4 Å². The summed E-state index contributed by atoms with van der Waals surface area (Å²) in [5, 5.41) is 2.88. The fraction of sp³-hybridized carbons (Fsp3) is 0.529. The van der Waals surface area contributed by atoms with Gasteiger partial charge >= 0.3 is 0 Å². The fourth-order valence-electron chi connectivity index (χ4n) is 2.67. The molecule has 1 N–H and O–H groups in total. The highest BCUT2D eigenvalue weighted by Crippen LogP contribution is 2.27. The Labute approximate surface area is 136 Å². The Kier molecular flexibility index (Phi) is 5.98. The molecule has 0 spiro atoms. The molecule has 1 aliphatic rings. The molecule has 2 amide bonds. The van der Waals surface area contributed by atoms with Crippen LogP contribution in [0.4, 0.5) is 5.69 Å². The lowest BCUT2D eigenvalue weighted by atomic mass is 10.1. The number of benzene rings is 1. The topological polar surface area (TPSA) is 67.9 Å². The molecule has 23 heavy (non-hydrogen) atoms. The first-order chi connectivity index (χ1) is 11.0. The predicted octanol–water partition coefficient (Wildman–Crippen LogP) is 1.59. The van der Waals surface area contributed by atoms with Crippen molar-refractivity contribution >= 4 is 17.5 Å². The van der Waals surface area contributed by atoms with Crippen LogP contribution in [0.2, 0.25) is 0 Å². The maximum Gasteiger partial charge on any atom is 0.227 e. The quantitative estimate of drug-likeness (QED) is 0.828. The second-order valence-electron chi connectivity index (χ2n) is 5.70. The Morgan fingerprint density at radius 1 is 1.39 bits per heavy atom. The molecule has 1 saturated heterocycles. The van der Waals surface area contributed by atoms with E-state index in [1.54, 1.807) is 12.0 Å². The lowest BCUT2D eigenvalue weighted by molar-refractivity contribution is -0.127. The Bertz CT molecular complexity index is 544. The van der Waals surface area contributed by atoms with Crippen LogP contribution in [0.5, 0.6) is 5.75 Å². The molecule has 126 valence electrons. The summed E-state index contributed by atoms with van der Waals surface area (Å²) in [6, 6.07) is 7.29.